The van der Waals surface area contributed by atoms with Gasteiger partial charge in [0.1, 0.15) is 11.5 Å². The highest BCUT2D eigenvalue weighted by molar-refractivity contribution is 5.81. The van der Waals surface area contributed by atoms with Crippen LogP contribution in [0, 0.1) is 0 Å². The Morgan fingerprint density at radius 3 is 0.977 bits per heavy atom. The Morgan fingerprint density at radius 2 is 0.659 bits per heavy atom. The molecule has 0 bridgehead atoms. The highest BCUT2D eigenvalue weighted by Crippen LogP contribution is 2.39. The first-order chi connectivity index (χ1) is 21.8. The zero-order chi connectivity index (χ0) is 30.4. The monoisotopic (exact) mass is 584 g/mol. The molecule has 0 spiro atoms. The van der Waals surface area contributed by atoms with Crippen LogP contribution in [0.5, 0.6) is 11.5 Å². The second-order valence-electron chi connectivity index (χ2n) is 11.0. The van der Waals surface area contributed by atoms with Gasteiger partial charge in [-0.2, -0.15) is 0 Å². The van der Waals surface area contributed by atoms with Crippen LogP contribution in [-0.2, 0) is 0 Å². The third-order valence-electron chi connectivity index (χ3n) is 7.62. The summed E-state index contributed by atoms with van der Waals surface area (Å²) in [5, 5.41) is 0. The fourth-order valence-corrected chi connectivity index (χ4v) is 5.27. The van der Waals surface area contributed by atoms with Crippen molar-refractivity contribution in [2.24, 2.45) is 0 Å². The fraction of sp³-hybridized carbons (Fsp3) is 0.250. The molecule has 0 fully saturated rings. The van der Waals surface area contributed by atoms with Crippen molar-refractivity contribution in [1.29, 1.82) is 0 Å². The van der Waals surface area contributed by atoms with Gasteiger partial charge in [0, 0.05) is 34.1 Å². The van der Waals surface area contributed by atoms with Crippen molar-refractivity contribution in [3.05, 3.63) is 133 Å². The number of para-hydroxylation sites is 2. The second kappa shape index (κ2) is 16.2. The number of hydrogen-bond donors (Lipinski definition) is 0. The normalized spacial score (nSPS) is 10.8. The maximum absolute atomic E-state index is 6.01. The summed E-state index contributed by atoms with van der Waals surface area (Å²) in [5.74, 6) is 1.80. The number of hydrogen-bond acceptors (Lipinski definition) is 4. The first kappa shape index (κ1) is 30.7. The number of anilines is 6. The molecule has 0 aliphatic rings. The van der Waals surface area contributed by atoms with Crippen LogP contribution in [0.4, 0.5) is 34.1 Å². The van der Waals surface area contributed by atoms with Crippen LogP contribution in [0.25, 0.3) is 0 Å². The Bertz CT molecular complexity index is 1410. The van der Waals surface area contributed by atoms with Crippen LogP contribution in [0.15, 0.2) is 133 Å². The summed E-state index contributed by atoms with van der Waals surface area (Å²) in [6.07, 6.45) is 6.90. The minimum absolute atomic E-state index is 0.747. The molecule has 0 unspecified atom stereocenters. The van der Waals surface area contributed by atoms with Gasteiger partial charge in [-0.05, 0) is 110 Å². The van der Waals surface area contributed by atoms with Gasteiger partial charge in [-0.3, -0.25) is 0 Å². The van der Waals surface area contributed by atoms with E-state index in [0.717, 1.165) is 71.7 Å². The van der Waals surface area contributed by atoms with E-state index in [-0.39, 0.29) is 0 Å². The Morgan fingerprint density at radius 1 is 0.364 bits per heavy atom. The topological polar surface area (TPSA) is 24.9 Å². The summed E-state index contributed by atoms with van der Waals surface area (Å²) in [4.78, 5) is 4.56. The van der Waals surface area contributed by atoms with E-state index in [1.807, 2.05) is 0 Å². The summed E-state index contributed by atoms with van der Waals surface area (Å²) in [5.41, 5.74) is 6.54. The van der Waals surface area contributed by atoms with Gasteiger partial charge < -0.3 is 19.3 Å². The Kier molecular flexibility index (Phi) is 11.3. The average Bonchev–Trinajstić information content (AvgIpc) is 3.08. The van der Waals surface area contributed by atoms with E-state index in [1.54, 1.807) is 0 Å². The molecule has 4 heteroatoms. The summed E-state index contributed by atoms with van der Waals surface area (Å²) in [6.45, 7) is 5.92. The van der Waals surface area contributed by atoms with E-state index in [4.69, 9.17) is 9.47 Å². The molecule has 0 atom stereocenters. The minimum atomic E-state index is 0.747. The molecule has 5 aromatic rings. The van der Waals surface area contributed by atoms with Gasteiger partial charge in [-0.1, -0.05) is 75.9 Å². The van der Waals surface area contributed by atoms with Crippen molar-refractivity contribution in [2.75, 3.05) is 23.0 Å². The zero-order valence-corrected chi connectivity index (χ0v) is 26.1. The Balaban J connectivity index is 1.44. The standard InChI is InChI=1S/C40H44N2O2/c1-3-5-13-31-43-39-27-23-37(24-28-39)42(38-25-29-40(30-26-38)44-32-14-6-4-2)36-21-19-35(20-22-36)41(33-15-9-7-10-16-33)34-17-11-8-12-18-34/h7-12,15-30H,3-6,13-14,31-32H2,1-2H3. The number of benzene rings is 5. The van der Waals surface area contributed by atoms with E-state index in [0.29, 0.717) is 0 Å². The molecule has 0 heterocycles. The molecule has 5 aromatic carbocycles. The van der Waals surface area contributed by atoms with Gasteiger partial charge in [0.05, 0.1) is 13.2 Å². The van der Waals surface area contributed by atoms with Crippen molar-refractivity contribution in [1.82, 2.24) is 0 Å². The van der Waals surface area contributed by atoms with E-state index >= 15 is 0 Å². The molecule has 0 aliphatic heterocycles. The van der Waals surface area contributed by atoms with Crippen LogP contribution < -0.4 is 19.3 Å². The molecule has 5 rings (SSSR count). The second-order valence-corrected chi connectivity index (χ2v) is 11.0. The molecule has 44 heavy (non-hydrogen) atoms. The van der Waals surface area contributed by atoms with Crippen molar-refractivity contribution < 1.29 is 9.47 Å². The van der Waals surface area contributed by atoms with Crippen molar-refractivity contribution >= 4 is 34.1 Å². The number of ether oxygens (including phenoxy) is 2. The molecule has 0 aliphatic carbocycles. The molecule has 226 valence electrons. The van der Waals surface area contributed by atoms with Gasteiger partial charge in [0.15, 0.2) is 0 Å². The molecule has 0 saturated carbocycles. The van der Waals surface area contributed by atoms with Crippen LogP contribution in [0.3, 0.4) is 0 Å². The zero-order valence-electron chi connectivity index (χ0n) is 26.1. The van der Waals surface area contributed by atoms with E-state index in [9.17, 15) is 0 Å². The summed E-state index contributed by atoms with van der Waals surface area (Å²) >= 11 is 0. The fourth-order valence-electron chi connectivity index (χ4n) is 5.27. The number of nitrogens with zero attached hydrogens (tertiary/aromatic N) is 2. The Hall–Kier alpha value is -4.70. The SMILES string of the molecule is CCCCCOc1ccc(N(c2ccc(OCCCCC)cc2)c2ccc(N(c3ccccc3)c3ccccc3)cc2)cc1. The van der Waals surface area contributed by atoms with Crippen LogP contribution >= 0.6 is 0 Å². The lowest BCUT2D eigenvalue weighted by Crippen LogP contribution is -2.12. The highest BCUT2D eigenvalue weighted by Gasteiger charge is 2.16. The van der Waals surface area contributed by atoms with Gasteiger partial charge in [0.2, 0.25) is 0 Å². The molecule has 0 N–H and O–H groups in total. The molecule has 0 amide bonds. The largest absolute Gasteiger partial charge is 0.494 e. The molecule has 4 nitrogen and oxygen atoms in total. The van der Waals surface area contributed by atoms with Gasteiger partial charge in [-0.25, -0.2) is 0 Å². The molecule has 0 aromatic heterocycles. The maximum Gasteiger partial charge on any atom is 0.119 e. The molecule has 0 radical (unpaired) electrons. The van der Waals surface area contributed by atoms with Crippen LogP contribution in [-0.4, -0.2) is 13.2 Å². The predicted molar refractivity (Wildman–Crippen MR) is 186 cm³/mol. The maximum atomic E-state index is 6.01. The van der Waals surface area contributed by atoms with Crippen molar-refractivity contribution in [3.63, 3.8) is 0 Å². The number of rotatable bonds is 16. The van der Waals surface area contributed by atoms with Crippen LogP contribution in [0.1, 0.15) is 52.4 Å². The Labute approximate surface area is 263 Å². The smallest absolute Gasteiger partial charge is 0.119 e. The summed E-state index contributed by atoms with van der Waals surface area (Å²) in [6, 6.07) is 46.6. The minimum Gasteiger partial charge on any atom is -0.494 e. The van der Waals surface area contributed by atoms with E-state index in [2.05, 4.69) is 157 Å². The highest BCUT2D eigenvalue weighted by atomic mass is 16.5. The van der Waals surface area contributed by atoms with Crippen molar-refractivity contribution in [3.8, 4) is 11.5 Å². The molecular weight excluding hydrogens is 540 g/mol. The summed E-state index contributed by atoms with van der Waals surface area (Å²) in [7, 11) is 0. The number of unbranched alkanes of at least 4 members (excludes halogenated alkanes) is 4. The van der Waals surface area contributed by atoms with E-state index in [1.165, 1.54) is 25.7 Å². The third kappa shape index (κ3) is 8.23. The quantitative estimate of drug-likeness (QED) is 0.108. The van der Waals surface area contributed by atoms with Gasteiger partial charge in [0.25, 0.3) is 0 Å². The lowest BCUT2D eigenvalue weighted by atomic mass is 10.1. The van der Waals surface area contributed by atoms with E-state index < -0.39 is 0 Å². The van der Waals surface area contributed by atoms with Gasteiger partial charge >= 0.3 is 0 Å². The van der Waals surface area contributed by atoms with Crippen LogP contribution in [0.2, 0.25) is 0 Å². The third-order valence-corrected chi connectivity index (χ3v) is 7.62. The predicted octanol–water partition coefficient (Wildman–Crippen LogP) is 11.8. The first-order valence-corrected chi connectivity index (χ1v) is 16.0. The lowest BCUT2D eigenvalue weighted by Gasteiger charge is -2.28. The summed E-state index contributed by atoms with van der Waals surface area (Å²) < 4.78 is 12.0. The lowest BCUT2D eigenvalue weighted by molar-refractivity contribution is 0.306. The van der Waals surface area contributed by atoms with Crippen molar-refractivity contribution in [2.45, 2.75) is 52.4 Å². The molecule has 0 saturated heterocycles. The molecular formula is C40H44N2O2. The van der Waals surface area contributed by atoms with Gasteiger partial charge in [-0.15, -0.1) is 0 Å². The average molecular weight is 585 g/mol. The first-order valence-electron chi connectivity index (χ1n) is 16.0.